The Morgan fingerprint density at radius 3 is 2.69 bits per heavy atom. The summed E-state index contributed by atoms with van der Waals surface area (Å²) in [7, 11) is 0. The van der Waals surface area contributed by atoms with Crippen LogP contribution in [0.1, 0.15) is 36.4 Å². The molecule has 4 heterocycles. The van der Waals surface area contributed by atoms with Crippen LogP contribution in [-0.2, 0) is 0 Å². The van der Waals surface area contributed by atoms with Gasteiger partial charge in [-0.1, -0.05) is 11.6 Å². The molecule has 1 aliphatic carbocycles. The maximum Gasteiger partial charge on any atom is 0.279 e. The Kier molecular flexibility index (Phi) is 5.54. The predicted molar refractivity (Wildman–Crippen MR) is 131 cm³/mol. The number of piperidine rings is 1. The average Bonchev–Trinajstić information content (AvgIpc) is 3.62. The van der Waals surface area contributed by atoms with E-state index in [1.54, 1.807) is 12.3 Å². The number of hydrogen-bond acceptors (Lipinski definition) is 6. The van der Waals surface area contributed by atoms with E-state index < -0.39 is 11.4 Å². The molecule has 0 amide bonds. The van der Waals surface area contributed by atoms with Gasteiger partial charge >= 0.3 is 0 Å². The molecule has 3 aliphatic rings. The van der Waals surface area contributed by atoms with Crippen molar-refractivity contribution >= 4 is 17.4 Å². The molecule has 178 valence electrons. The van der Waals surface area contributed by atoms with Gasteiger partial charge in [0.25, 0.3) is 5.56 Å². The Hall–Kier alpha value is -3.28. The highest BCUT2D eigenvalue weighted by atomic mass is 35.5. The minimum atomic E-state index is -0.664. The van der Waals surface area contributed by atoms with E-state index in [9.17, 15) is 9.18 Å². The number of nitrogens with zero attached hydrogens (tertiary/aromatic N) is 5. The normalized spacial score (nSPS) is 21.6. The van der Waals surface area contributed by atoms with Crippen molar-refractivity contribution in [1.82, 2.24) is 19.9 Å². The van der Waals surface area contributed by atoms with Gasteiger partial charge in [0.1, 0.15) is 22.7 Å². The van der Waals surface area contributed by atoms with Gasteiger partial charge in [-0.15, -0.1) is 0 Å². The highest BCUT2D eigenvalue weighted by Gasteiger charge is 2.35. The first-order valence-corrected chi connectivity index (χ1v) is 12.4. The second-order valence-corrected chi connectivity index (χ2v) is 10.0. The van der Waals surface area contributed by atoms with E-state index in [0.29, 0.717) is 34.8 Å². The number of nitrogens with one attached hydrogen (secondary N) is 1. The van der Waals surface area contributed by atoms with Gasteiger partial charge in [-0.3, -0.25) is 14.3 Å². The van der Waals surface area contributed by atoms with Crippen molar-refractivity contribution in [2.75, 3.05) is 31.1 Å². The maximum atomic E-state index is 14.6. The maximum absolute atomic E-state index is 14.6. The lowest BCUT2D eigenvalue weighted by molar-refractivity contribution is 0.347. The van der Waals surface area contributed by atoms with Crippen LogP contribution in [0, 0.1) is 29.0 Å². The number of rotatable bonds is 4. The largest absolute Gasteiger partial charge is 0.355 e. The molecular weight excluding hydrogens is 467 g/mol. The highest BCUT2D eigenvalue weighted by Crippen LogP contribution is 2.39. The van der Waals surface area contributed by atoms with Gasteiger partial charge in [0, 0.05) is 30.3 Å². The number of hydrogen-bond donors (Lipinski definition) is 1. The van der Waals surface area contributed by atoms with Crippen LogP contribution < -0.4 is 15.8 Å². The smallest absolute Gasteiger partial charge is 0.279 e. The van der Waals surface area contributed by atoms with Crippen LogP contribution in [0.4, 0.5) is 10.2 Å². The number of benzene rings is 1. The molecule has 0 bridgehead atoms. The number of anilines is 1. The Bertz CT molecular complexity index is 1390. The zero-order valence-electron chi connectivity index (χ0n) is 19.0. The molecule has 1 saturated carbocycles. The van der Waals surface area contributed by atoms with Crippen molar-refractivity contribution in [3.05, 3.63) is 69.0 Å². The van der Waals surface area contributed by atoms with Gasteiger partial charge in [-0.25, -0.2) is 9.37 Å². The zero-order chi connectivity index (χ0) is 24.1. The van der Waals surface area contributed by atoms with Gasteiger partial charge in [0.2, 0.25) is 0 Å². The summed E-state index contributed by atoms with van der Waals surface area (Å²) >= 11 is 6.66. The lowest BCUT2D eigenvalue weighted by Gasteiger charge is -2.35. The van der Waals surface area contributed by atoms with Crippen molar-refractivity contribution in [1.29, 1.82) is 5.26 Å². The van der Waals surface area contributed by atoms with Gasteiger partial charge < -0.3 is 10.2 Å². The predicted octanol–water partition coefficient (Wildman–Crippen LogP) is 3.88. The number of pyridine rings is 1. The lowest BCUT2D eigenvalue weighted by atomic mass is 9.89. The van der Waals surface area contributed by atoms with E-state index in [-0.39, 0.29) is 16.4 Å². The van der Waals surface area contributed by atoms with Crippen LogP contribution in [-0.4, -0.2) is 40.7 Å². The molecule has 35 heavy (non-hydrogen) atoms. The molecule has 1 aromatic carbocycles. The highest BCUT2D eigenvalue weighted by molar-refractivity contribution is 6.32. The third kappa shape index (κ3) is 3.99. The number of fused-ring (bicyclic) bond motifs is 1. The van der Waals surface area contributed by atoms with Crippen molar-refractivity contribution in [3.8, 4) is 23.1 Å². The van der Waals surface area contributed by atoms with Crippen LogP contribution in [0.2, 0.25) is 5.02 Å². The molecule has 2 aromatic heterocycles. The summed E-state index contributed by atoms with van der Waals surface area (Å²) < 4.78 is 16.0. The lowest BCUT2D eigenvalue weighted by Crippen LogP contribution is -2.41. The van der Waals surface area contributed by atoms with E-state index in [0.717, 1.165) is 51.1 Å². The molecule has 0 spiro atoms. The van der Waals surface area contributed by atoms with Gasteiger partial charge in [-0.05, 0) is 74.5 Å². The fraction of sp³-hybridized carbons (Fsp3) is 0.385. The zero-order valence-corrected chi connectivity index (χ0v) is 19.8. The number of aromatic nitrogens is 3. The monoisotopic (exact) mass is 490 g/mol. The minimum absolute atomic E-state index is 0.0403. The first-order chi connectivity index (χ1) is 17.0. The number of nitriles is 1. The van der Waals surface area contributed by atoms with E-state index in [4.69, 9.17) is 21.8 Å². The molecule has 0 radical (unpaired) electrons. The second kappa shape index (κ2) is 8.74. The van der Waals surface area contributed by atoms with Gasteiger partial charge in [-0.2, -0.15) is 5.26 Å². The molecule has 3 fully saturated rings. The molecule has 7 nitrogen and oxygen atoms in total. The summed E-state index contributed by atoms with van der Waals surface area (Å²) in [5, 5.41) is 12.6. The topological polar surface area (TPSA) is 86.8 Å². The van der Waals surface area contributed by atoms with Crippen LogP contribution in [0.3, 0.4) is 0 Å². The van der Waals surface area contributed by atoms with E-state index in [2.05, 4.69) is 15.2 Å². The van der Waals surface area contributed by atoms with Crippen molar-refractivity contribution < 1.29 is 4.39 Å². The standard InChI is InChI=1S/C26H24ClFN6O/c27-23-25(33-8-7-18-11-30-12-19(18)14-33)32-24(16-3-4-17(10-29)21(28)9-16)34(26(23)35)20-5-6-22(31-13-20)15-1-2-15/h3-6,9,13,15,18-19,30H,1-2,7-8,11-12,14H2. The summed E-state index contributed by atoms with van der Waals surface area (Å²) in [5.74, 6) is 1.59. The summed E-state index contributed by atoms with van der Waals surface area (Å²) in [4.78, 5) is 25.1. The molecule has 2 aliphatic heterocycles. The van der Waals surface area contributed by atoms with Gasteiger partial charge in [0.15, 0.2) is 5.82 Å². The van der Waals surface area contributed by atoms with Crippen molar-refractivity contribution in [2.24, 2.45) is 11.8 Å². The summed E-state index contributed by atoms with van der Waals surface area (Å²) in [6, 6.07) is 9.84. The first kappa shape index (κ1) is 22.2. The van der Waals surface area contributed by atoms with Crippen molar-refractivity contribution in [3.63, 3.8) is 0 Å². The molecule has 2 saturated heterocycles. The average molecular weight is 491 g/mol. The van der Waals surface area contributed by atoms with Crippen molar-refractivity contribution in [2.45, 2.75) is 25.2 Å². The summed E-state index contributed by atoms with van der Waals surface area (Å²) in [5.41, 5.74) is 1.41. The molecule has 6 rings (SSSR count). The van der Waals surface area contributed by atoms with Crippen LogP contribution >= 0.6 is 11.6 Å². The molecular formula is C26H24ClFN6O. The molecule has 2 atom stereocenters. The first-order valence-electron chi connectivity index (χ1n) is 12.0. The fourth-order valence-electron chi connectivity index (χ4n) is 5.25. The number of halogens is 2. The molecule has 1 N–H and O–H groups in total. The van der Waals surface area contributed by atoms with E-state index in [1.165, 1.54) is 16.7 Å². The fourth-order valence-corrected chi connectivity index (χ4v) is 5.50. The Labute approximate surface area is 207 Å². The van der Waals surface area contributed by atoms with Crippen LogP contribution in [0.25, 0.3) is 17.1 Å². The van der Waals surface area contributed by atoms with Gasteiger partial charge in [0.05, 0.1) is 17.4 Å². The summed E-state index contributed by atoms with van der Waals surface area (Å²) in [6.07, 6.45) is 4.88. The van der Waals surface area contributed by atoms with E-state index in [1.807, 2.05) is 18.2 Å². The molecule has 2 unspecified atom stereocenters. The Balaban J connectivity index is 1.49. The van der Waals surface area contributed by atoms with E-state index >= 15 is 0 Å². The Morgan fingerprint density at radius 2 is 1.97 bits per heavy atom. The summed E-state index contributed by atoms with van der Waals surface area (Å²) in [6.45, 7) is 3.45. The molecule has 9 heteroatoms. The quantitative estimate of drug-likeness (QED) is 0.597. The minimum Gasteiger partial charge on any atom is -0.355 e. The van der Waals surface area contributed by atoms with Crippen LogP contribution in [0.15, 0.2) is 41.3 Å². The SMILES string of the molecule is N#Cc1ccc(-c2nc(N3CCC4CNCC4C3)c(Cl)c(=O)n2-c2ccc(C3CC3)nc2)cc1F. The second-order valence-electron chi connectivity index (χ2n) is 9.65. The molecule has 3 aromatic rings. The Morgan fingerprint density at radius 1 is 1.14 bits per heavy atom. The third-order valence-electron chi connectivity index (χ3n) is 7.39. The third-order valence-corrected chi connectivity index (χ3v) is 7.72. The van der Waals surface area contributed by atoms with Crippen LogP contribution in [0.5, 0.6) is 0 Å².